The van der Waals surface area contributed by atoms with E-state index in [0.29, 0.717) is 17.2 Å². The van der Waals surface area contributed by atoms with E-state index >= 15 is 0 Å². The van der Waals surface area contributed by atoms with Gasteiger partial charge < -0.3 is 13.6 Å². The Hall–Kier alpha value is -2.71. The van der Waals surface area contributed by atoms with Gasteiger partial charge in [-0.05, 0) is 148 Å². The predicted octanol–water partition coefficient (Wildman–Crippen LogP) is 11.2. The summed E-state index contributed by atoms with van der Waals surface area (Å²) in [5.74, 6) is 1.72. The number of hydrogen-bond acceptors (Lipinski definition) is 4. The van der Waals surface area contributed by atoms with Crippen LogP contribution >= 0.6 is 7.82 Å². The molecule has 0 saturated carbocycles. The maximum Gasteiger partial charge on any atom is 0.647 e. The van der Waals surface area contributed by atoms with Crippen molar-refractivity contribution in [3.05, 3.63) is 86.5 Å². The van der Waals surface area contributed by atoms with Crippen LogP contribution in [0.1, 0.15) is 109 Å². The lowest BCUT2D eigenvalue weighted by atomic mass is 9.98. The Labute approximate surface area is 249 Å². The Morgan fingerprint density at radius 2 is 0.756 bits per heavy atom. The summed E-state index contributed by atoms with van der Waals surface area (Å²) in [7, 11) is -4.17. The number of aryl methyl sites for hydroxylation is 3. The van der Waals surface area contributed by atoms with Crippen molar-refractivity contribution in [1.29, 1.82) is 0 Å². The lowest BCUT2D eigenvalue weighted by Crippen LogP contribution is -2.12. The lowest BCUT2D eigenvalue weighted by molar-refractivity contribution is 0.295. The fourth-order valence-electron chi connectivity index (χ4n) is 5.21. The summed E-state index contributed by atoms with van der Waals surface area (Å²) in [6.07, 6.45) is 8.76. The van der Waals surface area contributed by atoms with Gasteiger partial charge in [0.15, 0.2) is 0 Å². The number of rotatable bonds is 15. The summed E-state index contributed by atoms with van der Waals surface area (Å²) in [5.41, 5.74) is 10.2. The van der Waals surface area contributed by atoms with Crippen LogP contribution in [-0.2, 0) is 23.8 Å². The van der Waals surface area contributed by atoms with Crippen molar-refractivity contribution < 1.29 is 18.1 Å². The molecule has 0 amide bonds. The average Bonchev–Trinajstić information content (AvgIpc) is 2.94. The van der Waals surface area contributed by atoms with Crippen LogP contribution in [-0.4, -0.2) is 0 Å². The zero-order valence-electron chi connectivity index (χ0n) is 26.9. The van der Waals surface area contributed by atoms with Gasteiger partial charge in [-0.2, -0.15) is 4.57 Å². The van der Waals surface area contributed by atoms with Crippen LogP contribution in [0.5, 0.6) is 17.2 Å². The minimum atomic E-state index is -4.17. The molecule has 0 unspecified atom stereocenters. The summed E-state index contributed by atoms with van der Waals surface area (Å²) >= 11 is 0. The highest BCUT2D eigenvalue weighted by molar-refractivity contribution is 7.49. The van der Waals surface area contributed by atoms with Gasteiger partial charge in [-0.1, -0.05) is 58.2 Å². The van der Waals surface area contributed by atoms with Crippen molar-refractivity contribution in [2.75, 3.05) is 0 Å². The summed E-state index contributed by atoms with van der Waals surface area (Å²) in [6, 6.07) is 11.8. The molecule has 41 heavy (non-hydrogen) atoms. The van der Waals surface area contributed by atoms with E-state index in [1.165, 1.54) is 16.7 Å². The van der Waals surface area contributed by atoms with E-state index in [2.05, 4.69) is 62.3 Å². The molecule has 0 N–H and O–H groups in total. The van der Waals surface area contributed by atoms with Gasteiger partial charge in [-0.3, -0.25) is 0 Å². The molecule has 3 rings (SSSR count). The van der Waals surface area contributed by atoms with Crippen molar-refractivity contribution in [3.63, 3.8) is 0 Å². The highest BCUT2D eigenvalue weighted by atomic mass is 31.2. The zero-order valence-corrected chi connectivity index (χ0v) is 27.8. The molecule has 0 atom stereocenters. The van der Waals surface area contributed by atoms with Gasteiger partial charge in [0.25, 0.3) is 0 Å². The Kier molecular flexibility index (Phi) is 12.0. The molecule has 3 aromatic carbocycles. The molecule has 0 fully saturated rings. The lowest BCUT2D eigenvalue weighted by Gasteiger charge is -2.25. The molecule has 4 nitrogen and oxygen atoms in total. The van der Waals surface area contributed by atoms with E-state index in [-0.39, 0.29) is 0 Å². The summed E-state index contributed by atoms with van der Waals surface area (Å²) < 4.78 is 34.3. The first kappa shape index (κ1) is 32.8. The minimum Gasteiger partial charge on any atom is -0.386 e. The monoisotopic (exact) mass is 578 g/mol. The molecule has 0 spiro atoms. The number of unbranched alkanes of at least 4 members (excludes halogenated alkanes) is 3. The fraction of sp³-hybridized carbons (Fsp3) is 0.500. The second kappa shape index (κ2) is 15.0. The van der Waals surface area contributed by atoms with Crippen LogP contribution in [0, 0.1) is 41.5 Å². The summed E-state index contributed by atoms with van der Waals surface area (Å²) in [5, 5.41) is 0. The largest absolute Gasteiger partial charge is 0.647 e. The van der Waals surface area contributed by atoms with Gasteiger partial charge >= 0.3 is 7.82 Å². The molecule has 0 aliphatic heterocycles. The Balaban J connectivity index is 2.16. The van der Waals surface area contributed by atoms with Crippen LogP contribution in [0.3, 0.4) is 0 Å². The van der Waals surface area contributed by atoms with E-state index in [0.717, 1.165) is 91.2 Å². The van der Waals surface area contributed by atoms with E-state index in [9.17, 15) is 4.57 Å². The molecule has 0 heterocycles. The first-order valence-corrected chi connectivity index (χ1v) is 17.0. The molecule has 224 valence electrons. The van der Waals surface area contributed by atoms with E-state index in [1.54, 1.807) is 0 Å². The Morgan fingerprint density at radius 3 is 1.00 bits per heavy atom. The first-order chi connectivity index (χ1) is 19.5. The molecule has 0 aromatic heterocycles. The van der Waals surface area contributed by atoms with Gasteiger partial charge in [0.2, 0.25) is 0 Å². The van der Waals surface area contributed by atoms with E-state index < -0.39 is 7.82 Å². The zero-order chi connectivity index (χ0) is 30.2. The van der Waals surface area contributed by atoms with Crippen molar-refractivity contribution >= 4 is 7.82 Å². The van der Waals surface area contributed by atoms with Gasteiger partial charge in [-0.25, -0.2) is 0 Å². The Bertz CT molecular complexity index is 1210. The number of phosphoric acid groups is 1. The highest BCUT2D eigenvalue weighted by Gasteiger charge is 2.36. The number of phosphoric ester groups is 1. The third kappa shape index (κ3) is 8.19. The fourth-order valence-corrected chi connectivity index (χ4v) is 6.56. The molecule has 0 aliphatic rings. The quantitative estimate of drug-likeness (QED) is 0.168. The molecule has 0 saturated heterocycles. The molecule has 0 radical (unpaired) electrons. The van der Waals surface area contributed by atoms with Gasteiger partial charge in [0.1, 0.15) is 17.2 Å². The molecule has 0 aliphatic carbocycles. The van der Waals surface area contributed by atoms with Crippen molar-refractivity contribution in [3.8, 4) is 17.2 Å². The highest BCUT2D eigenvalue weighted by Crippen LogP contribution is 2.53. The SMILES string of the molecule is CCCCc1c(OP(=O)(Oc2ccc(C)c(C)c2CCCC)Oc2ccc(C)c(C)c2CCCC)ccc(C)c1C. The molecule has 0 bridgehead atoms. The smallest absolute Gasteiger partial charge is 0.386 e. The van der Waals surface area contributed by atoms with Crippen molar-refractivity contribution in [1.82, 2.24) is 0 Å². The standard InChI is InChI=1S/C36H51O4P/c1-10-13-16-31-28(7)25(4)19-22-34(31)38-41(37,39-35-23-20-26(5)29(8)32(35)17-14-11-2)40-36-24-21-27(6)30(9)33(36)18-15-12-3/h19-24H,10-18H2,1-9H3. The van der Waals surface area contributed by atoms with Crippen molar-refractivity contribution in [2.24, 2.45) is 0 Å². The minimum absolute atomic E-state index is 0.572. The Morgan fingerprint density at radius 1 is 0.488 bits per heavy atom. The van der Waals surface area contributed by atoms with Crippen LogP contribution in [0.4, 0.5) is 0 Å². The third-order valence-corrected chi connectivity index (χ3v) is 9.71. The first-order valence-electron chi connectivity index (χ1n) is 15.5. The topological polar surface area (TPSA) is 44.8 Å². The average molecular weight is 579 g/mol. The molecular formula is C36H51O4P. The van der Waals surface area contributed by atoms with Crippen LogP contribution < -0.4 is 13.6 Å². The number of benzene rings is 3. The van der Waals surface area contributed by atoms with Gasteiger partial charge in [0, 0.05) is 0 Å². The summed E-state index contributed by atoms with van der Waals surface area (Å²) in [4.78, 5) is 0. The number of hydrogen-bond donors (Lipinski definition) is 0. The van der Waals surface area contributed by atoms with Gasteiger partial charge in [0.05, 0.1) is 0 Å². The maximum absolute atomic E-state index is 14.9. The second-order valence-corrected chi connectivity index (χ2v) is 12.9. The van der Waals surface area contributed by atoms with Gasteiger partial charge in [-0.15, -0.1) is 0 Å². The predicted molar refractivity (Wildman–Crippen MR) is 173 cm³/mol. The van der Waals surface area contributed by atoms with Crippen molar-refractivity contribution in [2.45, 2.75) is 120 Å². The van der Waals surface area contributed by atoms with E-state index in [1.807, 2.05) is 36.4 Å². The third-order valence-electron chi connectivity index (χ3n) is 8.45. The van der Waals surface area contributed by atoms with Crippen LogP contribution in [0.2, 0.25) is 0 Å². The molecule has 5 heteroatoms. The molecular weight excluding hydrogens is 527 g/mol. The normalized spacial score (nSPS) is 11.5. The summed E-state index contributed by atoms with van der Waals surface area (Å²) in [6.45, 7) is 19.2. The van der Waals surface area contributed by atoms with Crippen LogP contribution in [0.25, 0.3) is 0 Å². The van der Waals surface area contributed by atoms with E-state index in [4.69, 9.17) is 13.6 Å². The second-order valence-electron chi connectivity index (χ2n) is 11.5. The molecule has 3 aromatic rings. The maximum atomic E-state index is 14.9. The van der Waals surface area contributed by atoms with Crippen LogP contribution in [0.15, 0.2) is 36.4 Å².